The molecule has 2 aromatic rings. The molecule has 18 heavy (non-hydrogen) atoms. The maximum Gasteiger partial charge on any atom is 0.337 e. The minimum atomic E-state index is -1.03. The number of carboxylic acid groups (broad SMARTS) is 1. The van der Waals surface area contributed by atoms with Crippen molar-refractivity contribution in [2.75, 3.05) is 0 Å². The van der Waals surface area contributed by atoms with E-state index in [1.165, 1.54) is 17.8 Å². The van der Waals surface area contributed by atoms with Crippen LogP contribution in [0.15, 0.2) is 52.3 Å². The van der Waals surface area contributed by atoms with Crippen LogP contribution in [0.1, 0.15) is 10.4 Å². The van der Waals surface area contributed by atoms with E-state index < -0.39 is 5.97 Å². The van der Waals surface area contributed by atoms with Gasteiger partial charge in [-0.3, -0.25) is 0 Å². The lowest BCUT2D eigenvalue weighted by Crippen LogP contribution is -1.96. The SMILES string of the molecule is O=C(O)c1ccc(Sc2ccccc2Cl)cc1Cl. The van der Waals surface area contributed by atoms with Gasteiger partial charge in [-0.1, -0.05) is 47.1 Å². The van der Waals surface area contributed by atoms with Crippen molar-refractivity contribution >= 4 is 40.9 Å². The lowest BCUT2D eigenvalue weighted by Gasteiger charge is -2.05. The van der Waals surface area contributed by atoms with E-state index in [2.05, 4.69) is 0 Å². The summed E-state index contributed by atoms with van der Waals surface area (Å²) in [5, 5.41) is 9.75. The second-order valence-electron chi connectivity index (χ2n) is 3.48. The predicted molar refractivity (Wildman–Crippen MR) is 74.0 cm³/mol. The largest absolute Gasteiger partial charge is 0.478 e. The molecule has 0 atom stereocenters. The van der Waals surface area contributed by atoms with Crippen molar-refractivity contribution in [3.05, 3.63) is 58.1 Å². The minimum absolute atomic E-state index is 0.0974. The Bertz CT molecular complexity index is 599. The van der Waals surface area contributed by atoms with E-state index in [1.807, 2.05) is 18.2 Å². The molecule has 0 spiro atoms. The molecule has 0 unspecified atom stereocenters. The van der Waals surface area contributed by atoms with Crippen molar-refractivity contribution in [2.24, 2.45) is 0 Å². The van der Waals surface area contributed by atoms with Crippen LogP contribution in [0.2, 0.25) is 10.0 Å². The number of aromatic carboxylic acids is 1. The van der Waals surface area contributed by atoms with E-state index in [0.29, 0.717) is 5.02 Å². The van der Waals surface area contributed by atoms with E-state index in [-0.39, 0.29) is 10.6 Å². The lowest BCUT2D eigenvalue weighted by atomic mass is 10.2. The highest BCUT2D eigenvalue weighted by Gasteiger charge is 2.10. The first-order chi connectivity index (χ1) is 8.58. The first-order valence-electron chi connectivity index (χ1n) is 5.03. The molecule has 0 aliphatic heterocycles. The highest BCUT2D eigenvalue weighted by atomic mass is 35.5. The van der Waals surface area contributed by atoms with Crippen LogP contribution in [-0.2, 0) is 0 Å². The fourth-order valence-corrected chi connectivity index (χ4v) is 2.84. The maximum absolute atomic E-state index is 10.8. The molecule has 0 fully saturated rings. The van der Waals surface area contributed by atoms with Gasteiger partial charge in [-0.05, 0) is 30.3 Å². The first-order valence-corrected chi connectivity index (χ1v) is 6.60. The summed E-state index contributed by atoms with van der Waals surface area (Å²) in [7, 11) is 0. The Morgan fingerprint density at radius 3 is 2.39 bits per heavy atom. The number of hydrogen-bond donors (Lipinski definition) is 1. The zero-order chi connectivity index (χ0) is 13.1. The summed E-state index contributed by atoms with van der Waals surface area (Å²) in [6.07, 6.45) is 0. The average molecular weight is 299 g/mol. The molecular formula is C13H8Cl2O2S. The van der Waals surface area contributed by atoms with Crippen LogP contribution >= 0.6 is 35.0 Å². The smallest absolute Gasteiger partial charge is 0.337 e. The van der Waals surface area contributed by atoms with Gasteiger partial charge >= 0.3 is 5.97 Å². The fraction of sp³-hybridized carbons (Fsp3) is 0. The monoisotopic (exact) mass is 298 g/mol. The molecule has 1 N–H and O–H groups in total. The van der Waals surface area contributed by atoms with Crippen LogP contribution in [0.5, 0.6) is 0 Å². The van der Waals surface area contributed by atoms with Gasteiger partial charge in [-0.2, -0.15) is 0 Å². The number of halogens is 2. The van der Waals surface area contributed by atoms with Gasteiger partial charge in [0.2, 0.25) is 0 Å². The van der Waals surface area contributed by atoms with Gasteiger partial charge in [0.05, 0.1) is 15.6 Å². The molecule has 5 heteroatoms. The van der Waals surface area contributed by atoms with Crippen molar-refractivity contribution in [1.29, 1.82) is 0 Å². The molecule has 0 aliphatic rings. The first kappa shape index (κ1) is 13.3. The Morgan fingerprint density at radius 2 is 1.78 bits per heavy atom. The van der Waals surface area contributed by atoms with Crippen molar-refractivity contribution in [3.8, 4) is 0 Å². The standard InChI is InChI=1S/C13H8Cl2O2S/c14-10-3-1-2-4-12(10)18-8-5-6-9(13(16)17)11(15)7-8/h1-7H,(H,16,17). The molecule has 0 aromatic heterocycles. The Morgan fingerprint density at radius 1 is 1.06 bits per heavy atom. The number of carboxylic acids is 1. The molecule has 92 valence electrons. The number of hydrogen-bond acceptors (Lipinski definition) is 2. The van der Waals surface area contributed by atoms with Crippen molar-refractivity contribution < 1.29 is 9.90 Å². The average Bonchev–Trinajstić information content (AvgIpc) is 2.32. The van der Waals surface area contributed by atoms with E-state index in [0.717, 1.165) is 9.79 Å². The van der Waals surface area contributed by atoms with Gasteiger partial charge in [0, 0.05) is 9.79 Å². The molecule has 2 nitrogen and oxygen atoms in total. The van der Waals surface area contributed by atoms with Crippen LogP contribution in [-0.4, -0.2) is 11.1 Å². The topological polar surface area (TPSA) is 37.3 Å². The second kappa shape index (κ2) is 5.65. The minimum Gasteiger partial charge on any atom is -0.478 e. The summed E-state index contributed by atoms with van der Waals surface area (Å²) in [5.74, 6) is -1.03. The molecule has 0 bridgehead atoms. The number of carbonyl (C=O) groups is 1. The van der Waals surface area contributed by atoms with Crippen LogP contribution in [0.25, 0.3) is 0 Å². The summed E-state index contributed by atoms with van der Waals surface area (Å²) in [6.45, 7) is 0. The maximum atomic E-state index is 10.8. The van der Waals surface area contributed by atoms with Crippen LogP contribution in [0.3, 0.4) is 0 Å². The van der Waals surface area contributed by atoms with Crippen LogP contribution < -0.4 is 0 Å². The Labute approximate surface area is 119 Å². The van der Waals surface area contributed by atoms with E-state index in [1.54, 1.807) is 18.2 Å². The molecule has 0 radical (unpaired) electrons. The molecular weight excluding hydrogens is 291 g/mol. The van der Waals surface area contributed by atoms with Gasteiger partial charge in [0.25, 0.3) is 0 Å². The van der Waals surface area contributed by atoms with Gasteiger partial charge < -0.3 is 5.11 Å². The zero-order valence-corrected chi connectivity index (χ0v) is 11.4. The van der Waals surface area contributed by atoms with Gasteiger partial charge in [0.15, 0.2) is 0 Å². The Kier molecular flexibility index (Phi) is 4.17. The molecule has 0 aliphatic carbocycles. The van der Waals surface area contributed by atoms with Crippen LogP contribution in [0.4, 0.5) is 0 Å². The van der Waals surface area contributed by atoms with Crippen molar-refractivity contribution in [3.63, 3.8) is 0 Å². The van der Waals surface area contributed by atoms with Crippen molar-refractivity contribution in [1.82, 2.24) is 0 Å². The normalized spacial score (nSPS) is 10.3. The van der Waals surface area contributed by atoms with E-state index >= 15 is 0 Å². The Hall–Kier alpha value is -1.16. The third-order valence-electron chi connectivity index (χ3n) is 2.24. The summed E-state index contributed by atoms with van der Waals surface area (Å²) >= 11 is 13.4. The molecule has 0 saturated heterocycles. The highest BCUT2D eigenvalue weighted by Crippen LogP contribution is 2.34. The predicted octanol–water partition coefficient (Wildman–Crippen LogP) is 4.84. The van der Waals surface area contributed by atoms with Gasteiger partial charge in [0.1, 0.15) is 0 Å². The third kappa shape index (κ3) is 2.99. The molecule has 2 rings (SSSR count). The summed E-state index contributed by atoms with van der Waals surface area (Å²) in [6, 6.07) is 12.3. The zero-order valence-electron chi connectivity index (χ0n) is 9.06. The number of benzene rings is 2. The fourth-order valence-electron chi connectivity index (χ4n) is 1.39. The quantitative estimate of drug-likeness (QED) is 0.881. The molecule has 0 heterocycles. The third-order valence-corrected chi connectivity index (χ3v) is 4.06. The lowest BCUT2D eigenvalue weighted by molar-refractivity contribution is 0.0697. The summed E-state index contributed by atoms with van der Waals surface area (Å²) in [4.78, 5) is 12.6. The summed E-state index contributed by atoms with van der Waals surface area (Å²) in [5.41, 5.74) is 0.0974. The van der Waals surface area contributed by atoms with Crippen LogP contribution in [0, 0.1) is 0 Å². The number of rotatable bonds is 3. The Balaban J connectivity index is 2.29. The second-order valence-corrected chi connectivity index (χ2v) is 5.41. The molecule has 0 saturated carbocycles. The van der Waals surface area contributed by atoms with E-state index in [9.17, 15) is 4.79 Å². The summed E-state index contributed by atoms with van der Waals surface area (Å²) < 4.78 is 0. The van der Waals surface area contributed by atoms with Gasteiger partial charge in [-0.25, -0.2) is 4.79 Å². The van der Waals surface area contributed by atoms with E-state index in [4.69, 9.17) is 28.3 Å². The van der Waals surface area contributed by atoms with Gasteiger partial charge in [-0.15, -0.1) is 0 Å². The molecule has 0 amide bonds. The molecule has 2 aromatic carbocycles. The highest BCUT2D eigenvalue weighted by molar-refractivity contribution is 7.99. The van der Waals surface area contributed by atoms with Crippen molar-refractivity contribution in [2.45, 2.75) is 9.79 Å².